The standard InChI is InChI=1S/C13H11IN2/c1-10-7-8-13(12(14)9-10)16-15-11-5-3-2-4-6-11/h2-9H,1H3. The van der Waals surface area contributed by atoms with E-state index in [4.69, 9.17) is 0 Å². The van der Waals surface area contributed by atoms with Crippen LogP contribution >= 0.6 is 22.6 Å². The van der Waals surface area contributed by atoms with Crippen LogP contribution in [0.15, 0.2) is 58.8 Å². The van der Waals surface area contributed by atoms with Gasteiger partial charge < -0.3 is 0 Å². The molecule has 2 aromatic rings. The Balaban J connectivity index is 2.24. The van der Waals surface area contributed by atoms with Crippen molar-refractivity contribution < 1.29 is 0 Å². The Bertz CT molecular complexity index is 507. The highest BCUT2D eigenvalue weighted by Gasteiger charge is 1.97. The van der Waals surface area contributed by atoms with Gasteiger partial charge in [-0.25, -0.2) is 0 Å². The number of aryl methyl sites for hydroxylation is 1. The van der Waals surface area contributed by atoms with Crippen molar-refractivity contribution in [3.8, 4) is 0 Å². The number of hydrogen-bond acceptors (Lipinski definition) is 2. The van der Waals surface area contributed by atoms with Crippen LogP contribution in [0.4, 0.5) is 11.4 Å². The van der Waals surface area contributed by atoms with Crippen LogP contribution in [-0.4, -0.2) is 0 Å². The van der Waals surface area contributed by atoms with Crippen molar-refractivity contribution in [2.75, 3.05) is 0 Å². The molecule has 0 unspecified atom stereocenters. The van der Waals surface area contributed by atoms with E-state index in [2.05, 4.69) is 45.8 Å². The van der Waals surface area contributed by atoms with Crippen LogP contribution in [0.3, 0.4) is 0 Å². The van der Waals surface area contributed by atoms with Crippen LogP contribution in [0, 0.1) is 10.5 Å². The van der Waals surface area contributed by atoms with E-state index in [9.17, 15) is 0 Å². The van der Waals surface area contributed by atoms with Gasteiger partial charge in [0.1, 0.15) is 0 Å². The summed E-state index contributed by atoms with van der Waals surface area (Å²) in [5.74, 6) is 0. The second kappa shape index (κ2) is 5.21. The third-order valence-electron chi connectivity index (χ3n) is 2.13. The van der Waals surface area contributed by atoms with Crippen LogP contribution in [0.25, 0.3) is 0 Å². The van der Waals surface area contributed by atoms with Gasteiger partial charge in [-0.3, -0.25) is 0 Å². The fourth-order valence-corrected chi connectivity index (χ4v) is 2.08. The molecular formula is C13H11IN2. The molecule has 0 bridgehead atoms. The number of halogens is 1. The lowest BCUT2D eigenvalue weighted by Crippen LogP contribution is -1.75. The average molecular weight is 322 g/mol. The predicted molar refractivity (Wildman–Crippen MR) is 74.5 cm³/mol. The molecule has 0 saturated heterocycles. The largest absolute Gasteiger partial charge is 0.151 e. The molecule has 0 spiro atoms. The summed E-state index contributed by atoms with van der Waals surface area (Å²) in [4.78, 5) is 0. The molecule has 3 heteroatoms. The second-order valence-corrected chi connectivity index (χ2v) is 4.65. The van der Waals surface area contributed by atoms with E-state index in [1.54, 1.807) is 0 Å². The van der Waals surface area contributed by atoms with Crippen molar-refractivity contribution in [1.82, 2.24) is 0 Å². The van der Waals surface area contributed by atoms with Gasteiger partial charge in [-0.2, -0.15) is 5.11 Å². The van der Waals surface area contributed by atoms with Gasteiger partial charge in [0.15, 0.2) is 0 Å². The molecule has 80 valence electrons. The fraction of sp³-hybridized carbons (Fsp3) is 0.0769. The molecule has 2 nitrogen and oxygen atoms in total. The first-order valence-corrected chi connectivity index (χ1v) is 6.06. The van der Waals surface area contributed by atoms with Gasteiger partial charge >= 0.3 is 0 Å². The van der Waals surface area contributed by atoms with Gasteiger partial charge in [-0.15, -0.1) is 5.11 Å². The van der Waals surface area contributed by atoms with Crippen molar-refractivity contribution in [3.63, 3.8) is 0 Å². The molecule has 0 N–H and O–H groups in total. The number of hydrogen-bond donors (Lipinski definition) is 0. The number of benzene rings is 2. The number of azo groups is 1. The molecule has 16 heavy (non-hydrogen) atoms. The smallest absolute Gasteiger partial charge is 0.0990 e. The summed E-state index contributed by atoms with van der Waals surface area (Å²) >= 11 is 2.27. The third-order valence-corrected chi connectivity index (χ3v) is 3.00. The number of rotatable bonds is 2. The maximum atomic E-state index is 4.23. The van der Waals surface area contributed by atoms with E-state index < -0.39 is 0 Å². The van der Waals surface area contributed by atoms with Crippen molar-refractivity contribution >= 4 is 34.0 Å². The molecule has 0 heterocycles. The Hall–Kier alpha value is -1.23. The van der Waals surface area contributed by atoms with E-state index >= 15 is 0 Å². The summed E-state index contributed by atoms with van der Waals surface area (Å²) in [6.07, 6.45) is 0. The quantitative estimate of drug-likeness (QED) is 0.548. The second-order valence-electron chi connectivity index (χ2n) is 3.49. The maximum Gasteiger partial charge on any atom is 0.0990 e. The SMILES string of the molecule is Cc1ccc(N=Nc2ccccc2)c(I)c1. The maximum absolute atomic E-state index is 4.23. The first kappa shape index (κ1) is 11.3. The van der Waals surface area contributed by atoms with Crippen LogP contribution in [0.2, 0.25) is 0 Å². The highest BCUT2D eigenvalue weighted by atomic mass is 127. The molecule has 0 atom stereocenters. The molecule has 0 aliphatic rings. The van der Waals surface area contributed by atoms with Gasteiger partial charge in [-0.1, -0.05) is 24.3 Å². The first-order chi connectivity index (χ1) is 7.75. The van der Waals surface area contributed by atoms with E-state index in [0.29, 0.717) is 0 Å². The third kappa shape index (κ3) is 2.88. The Kier molecular flexibility index (Phi) is 3.66. The van der Waals surface area contributed by atoms with Crippen molar-refractivity contribution in [2.45, 2.75) is 6.92 Å². The summed E-state index contributed by atoms with van der Waals surface area (Å²) in [5.41, 5.74) is 3.02. The zero-order valence-electron chi connectivity index (χ0n) is 8.89. The molecule has 0 radical (unpaired) electrons. The lowest BCUT2D eigenvalue weighted by Gasteiger charge is -1.98. The van der Waals surface area contributed by atoms with Gasteiger partial charge in [0.05, 0.1) is 11.4 Å². The van der Waals surface area contributed by atoms with E-state index in [0.717, 1.165) is 14.9 Å². The summed E-state index contributed by atoms with van der Waals surface area (Å²) in [6, 6.07) is 15.9. The predicted octanol–water partition coefficient (Wildman–Crippen LogP) is 5.02. The van der Waals surface area contributed by atoms with Crippen molar-refractivity contribution in [2.24, 2.45) is 10.2 Å². The van der Waals surface area contributed by atoms with Gasteiger partial charge in [0.2, 0.25) is 0 Å². The fourth-order valence-electron chi connectivity index (χ4n) is 1.30. The van der Waals surface area contributed by atoms with Crippen LogP contribution < -0.4 is 0 Å². The lowest BCUT2D eigenvalue weighted by atomic mass is 10.2. The molecular weight excluding hydrogens is 311 g/mol. The topological polar surface area (TPSA) is 24.7 Å². The molecule has 2 rings (SSSR count). The summed E-state index contributed by atoms with van der Waals surface area (Å²) in [5, 5.41) is 8.42. The van der Waals surface area contributed by atoms with Crippen LogP contribution in [0.1, 0.15) is 5.56 Å². The minimum atomic E-state index is 0.874. The molecule has 0 aromatic heterocycles. The molecule has 2 aromatic carbocycles. The lowest BCUT2D eigenvalue weighted by molar-refractivity contribution is 1.22. The Labute approximate surface area is 109 Å². The molecule has 0 fully saturated rings. The normalized spacial score (nSPS) is 10.9. The average Bonchev–Trinajstić information content (AvgIpc) is 2.29. The van der Waals surface area contributed by atoms with Crippen LogP contribution in [-0.2, 0) is 0 Å². The Morgan fingerprint density at radius 1 is 0.938 bits per heavy atom. The minimum Gasteiger partial charge on any atom is -0.151 e. The highest BCUT2D eigenvalue weighted by Crippen LogP contribution is 2.24. The zero-order chi connectivity index (χ0) is 11.4. The van der Waals surface area contributed by atoms with Gasteiger partial charge in [0.25, 0.3) is 0 Å². The molecule has 0 aliphatic carbocycles. The van der Waals surface area contributed by atoms with Gasteiger partial charge in [0, 0.05) is 3.57 Å². The van der Waals surface area contributed by atoms with E-state index in [1.165, 1.54) is 5.56 Å². The zero-order valence-corrected chi connectivity index (χ0v) is 11.0. The summed E-state index contributed by atoms with van der Waals surface area (Å²) in [7, 11) is 0. The van der Waals surface area contributed by atoms with E-state index in [1.807, 2.05) is 42.5 Å². The van der Waals surface area contributed by atoms with Crippen molar-refractivity contribution in [1.29, 1.82) is 0 Å². The number of nitrogens with zero attached hydrogens (tertiary/aromatic N) is 2. The van der Waals surface area contributed by atoms with E-state index in [-0.39, 0.29) is 0 Å². The van der Waals surface area contributed by atoms with Crippen LogP contribution in [0.5, 0.6) is 0 Å². The Morgan fingerprint density at radius 3 is 2.38 bits per heavy atom. The summed E-state index contributed by atoms with van der Waals surface area (Å²) in [6.45, 7) is 2.07. The molecule has 0 amide bonds. The first-order valence-electron chi connectivity index (χ1n) is 4.98. The Morgan fingerprint density at radius 2 is 1.69 bits per heavy atom. The van der Waals surface area contributed by atoms with Crippen molar-refractivity contribution in [3.05, 3.63) is 57.7 Å². The molecule has 0 aliphatic heterocycles. The molecule has 0 saturated carbocycles. The monoisotopic (exact) mass is 322 g/mol. The summed E-state index contributed by atoms with van der Waals surface area (Å²) < 4.78 is 1.12. The highest BCUT2D eigenvalue weighted by molar-refractivity contribution is 14.1. The van der Waals surface area contributed by atoms with Gasteiger partial charge in [-0.05, 0) is 59.3 Å². The minimum absolute atomic E-state index is 0.874.